The molecule has 3 nitrogen and oxygen atoms in total. The number of esters is 1. The van der Waals surface area contributed by atoms with Gasteiger partial charge in [-0.3, -0.25) is 9.69 Å². The molecule has 0 bridgehead atoms. The van der Waals surface area contributed by atoms with E-state index in [1.807, 2.05) is 11.8 Å². The molecular weight excluding hydrogens is 282 g/mol. The highest BCUT2D eigenvalue weighted by Crippen LogP contribution is 2.40. The highest BCUT2D eigenvalue weighted by Gasteiger charge is 2.30. The van der Waals surface area contributed by atoms with Gasteiger partial charge in [-0.25, -0.2) is 0 Å². The molecule has 2 unspecified atom stereocenters. The predicted molar refractivity (Wildman–Crippen MR) is 85.8 cm³/mol. The number of likely N-dealkylation sites (tertiary alicyclic amines) is 1. The van der Waals surface area contributed by atoms with Crippen LogP contribution in [0.5, 0.6) is 0 Å². The van der Waals surface area contributed by atoms with Crippen molar-refractivity contribution >= 4 is 17.7 Å². The van der Waals surface area contributed by atoms with Crippen molar-refractivity contribution in [3.8, 4) is 0 Å². The minimum Gasteiger partial charge on any atom is -0.469 e. The van der Waals surface area contributed by atoms with Gasteiger partial charge in [-0.1, -0.05) is 24.6 Å². The molecule has 0 saturated carbocycles. The van der Waals surface area contributed by atoms with Gasteiger partial charge in [0.1, 0.15) is 0 Å². The molecule has 1 aromatic rings. The summed E-state index contributed by atoms with van der Waals surface area (Å²) >= 11 is 1.97. The van der Waals surface area contributed by atoms with Crippen LogP contribution in [0.1, 0.15) is 37.2 Å². The van der Waals surface area contributed by atoms with Crippen LogP contribution in [0.4, 0.5) is 0 Å². The van der Waals surface area contributed by atoms with Crippen LogP contribution in [-0.2, 0) is 9.53 Å². The number of nitrogens with zero attached hydrogens (tertiary/aromatic N) is 1. The molecule has 2 heterocycles. The van der Waals surface area contributed by atoms with Crippen molar-refractivity contribution in [3.05, 3.63) is 29.8 Å². The van der Waals surface area contributed by atoms with Gasteiger partial charge < -0.3 is 4.74 Å². The van der Waals surface area contributed by atoms with E-state index >= 15 is 0 Å². The number of thioether (sulfide) groups is 1. The maximum absolute atomic E-state index is 11.6. The van der Waals surface area contributed by atoms with Crippen molar-refractivity contribution in [2.24, 2.45) is 0 Å². The summed E-state index contributed by atoms with van der Waals surface area (Å²) in [6, 6.07) is 9.11. The van der Waals surface area contributed by atoms with Crippen molar-refractivity contribution in [3.63, 3.8) is 0 Å². The molecule has 1 saturated heterocycles. The maximum Gasteiger partial charge on any atom is 0.307 e. The van der Waals surface area contributed by atoms with Gasteiger partial charge in [0.2, 0.25) is 0 Å². The first-order chi connectivity index (χ1) is 10.3. The lowest BCUT2D eigenvalue weighted by atomic mass is 9.95. The monoisotopic (exact) mass is 305 g/mol. The van der Waals surface area contributed by atoms with E-state index < -0.39 is 0 Å². The molecule has 2 atom stereocenters. The topological polar surface area (TPSA) is 29.5 Å². The van der Waals surface area contributed by atoms with Crippen molar-refractivity contribution < 1.29 is 9.53 Å². The number of piperidine rings is 1. The summed E-state index contributed by atoms with van der Waals surface area (Å²) in [5, 5.41) is 0. The molecule has 0 radical (unpaired) electrons. The van der Waals surface area contributed by atoms with Crippen LogP contribution in [0.2, 0.25) is 0 Å². The van der Waals surface area contributed by atoms with Crippen molar-refractivity contribution in [2.45, 2.75) is 42.5 Å². The van der Waals surface area contributed by atoms with Gasteiger partial charge in [0.25, 0.3) is 0 Å². The molecular formula is C17H23NO2S. The van der Waals surface area contributed by atoms with Gasteiger partial charge in [-0.15, -0.1) is 11.8 Å². The summed E-state index contributed by atoms with van der Waals surface area (Å²) in [7, 11) is 1.49. The Balaban J connectivity index is 1.66. The third kappa shape index (κ3) is 3.43. The minimum atomic E-state index is -0.0758. The van der Waals surface area contributed by atoms with Crippen LogP contribution >= 0.6 is 11.8 Å². The lowest BCUT2D eigenvalue weighted by Crippen LogP contribution is -2.43. The van der Waals surface area contributed by atoms with Crippen LogP contribution < -0.4 is 0 Å². The second-order valence-corrected chi connectivity index (χ2v) is 7.03. The molecule has 0 N–H and O–H groups in total. The Morgan fingerprint density at radius 3 is 3.10 bits per heavy atom. The van der Waals surface area contributed by atoms with Crippen LogP contribution in [0, 0.1) is 0 Å². The SMILES string of the molecule is COC(=O)CC1CCCCN1CC1CSc2ccccc21. The Labute approximate surface area is 131 Å². The number of benzene rings is 1. The van der Waals surface area contributed by atoms with Gasteiger partial charge in [-0.2, -0.15) is 0 Å². The number of methoxy groups -OCH3 is 1. The quantitative estimate of drug-likeness (QED) is 0.798. The fourth-order valence-corrected chi connectivity index (χ4v) is 4.71. The molecule has 21 heavy (non-hydrogen) atoms. The number of carbonyl (C=O) groups excluding carboxylic acids is 1. The molecule has 1 fully saturated rings. The summed E-state index contributed by atoms with van der Waals surface area (Å²) < 4.78 is 4.86. The zero-order valence-corrected chi connectivity index (χ0v) is 13.4. The van der Waals surface area contributed by atoms with E-state index in [0.29, 0.717) is 18.4 Å². The summed E-state index contributed by atoms with van der Waals surface area (Å²) in [5.74, 6) is 1.69. The van der Waals surface area contributed by atoms with E-state index in [2.05, 4.69) is 29.2 Å². The molecule has 0 aromatic heterocycles. The summed E-state index contributed by atoms with van der Waals surface area (Å²) in [6.45, 7) is 2.19. The number of hydrogen-bond acceptors (Lipinski definition) is 4. The molecule has 4 heteroatoms. The summed E-state index contributed by atoms with van der Waals surface area (Å²) in [5.41, 5.74) is 1.49. The molecule has 0 spiro atoms. The van der Waals surface area contributed by atoms with E-state index in [-0.39, 0.29) is 5.97 Å². The zero-order chi connectivity index (χ0) is 14.7. The number of ether oxygens (including phenoxy) is 1. The average molecular weight is 305 g/mol. The van der Waals surface area contributed by atoms with Gasteiger partial charge in [0, 0.05) is 29.2 Å². The zero-order valence-electron chi connectivity index (χ0n) is 12.6. The molecule has 3 rings (SSSR count). The standard InChI is InChI=1S/C17H23NO2S/c1-20-17(19)10-14-6-4-5-9-18(14)11-13-12-21-16-8-3-2-7-15(13)16/h2-3,7-8,13-14H,4-6,9-12H2,1H3. The summed E-state index contributed by atoms with van der Waals surface area (Å²) in [4.78, 5) is 15.6. The van der Waals surface area contributed by atoms with Gasteiger partial charge >= 0.3 is 5.97 Å². The Hall–Kier alpha value is -1.00. The minimum absolute atomic E-state index is 0.0758. The lowest BCUT2D eigenvalue weighted by Gasteiger charge is -2.36. The molecule has 114 valence electrons. The number of hydrogen-bond donors (Lipinski definition) is 0. The number of fused-ring (bicyclic) bond motifs is 1. The molecule has 0 amide bonds. The van der Waals surface area contributed by atoms with E-state index in [9.17, 15) is 4.79 Å². The second kappa shape index (κ2) is 6.84. The number of rotatable bonds is 4. The van der Waals surface area contributed by atoms with Gasteiger partial charge in [0.05, 0.1) is 13.5 Å². The first kappa shape index (κ1) is 14.9. The van der Waals surface area contributed by atoms with Crippen LogP contribution in [0.25, 0.3) is 0 Å². The highest BCUT2D eigenvalue weighted by atomic mass is 32.2. The Morgan fingerprint density at radius 2 is 2.24 bits per heavy atom. The summed E-state index contributed by atoms with van der Waals surface area (Å²) in [6.07, 6.45) is 4.14. The molecule has 1 aromatic carbocycles. The third-order valence-electron chi connectivity index (χ3n) is 4.63. The largest absolute Gasteiger partial charge is 0.469 e. The Bertz CT molecular complexity index is 505. The number of carbonyl (C=O) groups is 1. The normalized spacial score (nSPS) is 25.6. The third-order valence-corrected chi connectivity index (χ3v) is 5.88. The Kier molecular flexibility index (Phi) is 4.86. The van der Waals surface area contributed by atoms with E-state index in [4.69, 9.17) is 4.74 Å². The molecule has 2 aliphatic heterocycles. The van der Waals surface area contributed by atoms with Crippen molar-refractivity contribution in [1.82, 2.24) is 4.90 Å². The smallest absolute Gasteiger partial charge is 0.307 e. The first-order valence-electron chi connectivity index (χ1n) is 7.80. The Morgan fingerprint density at radius 1 is 1.38 bits per heavy atom. The average Bonchev–Trinajstić information content (AvgIpc) is 2.92. The van der Waals surface area contributed by atoms with Crippen molar-refractivity contribution in [2.75, 3.05) is 26.0 Å². The van der Waals surface area contributed by atoms with E-state index in [1.54, 1.807) is 0 Å². The maximum atomic E-state index is 11.6. The van der Waals surface area contributed by atoms with E-state index in [1.165, 1.54) is 36.2 Å². The molecule has 2 aliphatic rings. The second-order valence-electron chi connectivity index (χ2n) is 5.97. The predicted octanol–water partition coefficient (Wildman–Crippen LogP) is 3.29. The van der Waals surface area contributed by atoms with Gasteiger partial charge in [-0.05, 0) is 31.0 Å². The van der Waals surface area contributed by atoms with Crippen LogP contribution in [0.3, 0.4) is 0 Å². The lowest BCUT2D eigenvalue weighted by molar-refractivity contribution is -0.142. The fraction of sp³-hybridized carbons (Fsp3) is 0.588. The molecule has 0 aliphatic carbocycles. The van der Waals surface area contributed by atoms with Crippen LogP contribution in [-0.4, -0.2) is 42.9 Å². The first-order valence-corrected chi connectivity index (χ1v) is 8.79. The van der Waals surface area contributed by atoms with Gasteiger partial charge in [0.15, 0.2) is 0 Å². The van der Waals surface area contributed by atoms with Crippen molar-refractivity contribution in [1.29, 1.82) is 0 Å². The highest BCUT2D eigenvalue weighted by molar-refractivity contribution is 7.99. The fourth-order valence-electron chi connectivity index (χ4n) is 3.47. The van der Waals surface area contributed by atoms with E-state index in [0.717, 1.165) is 19.5 Å². The van der Waals surface area contributed by atoms with Crippen LogP contribution in [0.15, 0.2) is 29.2 Å².